The van der Waals surface area contributed by atoms with Crippen molar-refractivity contribution in [2.24, 2.45) is 23.7 Å². The zero-order valence-electron chi connectivity index (χ0n) is 11.8. The van der Waals surface area contributed by atoms with Crippen LogP contribution in [0.3, 0.4) is 0 Å². The Hall–Kier alpha value is -1.20. The van der Waals surface area contributed by atoms with Crippen LogP contribution in [0.25, 0.3) is 0 Å². The van der Waals surface area contributed by atoms with Crippen molar-refractivity contribution in [3.8, 4) is 0 Å². The largest absolute Gasteiger partial charge is 0.464 e. The summed E-state index contributed by atoms with van der Waals surface area (Å²) in [7, 11) is 0. The molecule has 0 saturated heterocycles. The number of carbonyl (C=O) groups excluding carboxylic acids is 2. The molecule has 5 nitrogen and oxygen atoms in total. The zero-order valence-corrected chi connectivity index (χ0v) is 11.8. The number of esters is 1. The van der Waals surface area contributed by atoms with Crippen LogP contribution < -0.4 is 0 Å². The van der Waals surface area contributed by atoms with Gasteiger partial charge in [0.2, 0.25) is 0 Å². The Bertz CT molecular complexity index is 365. The molecule has 0 aromatic carbocycles. The number of fused-ring (bicyclic) bond motifs is 2. The van der Waals surface area contributed by atoms with E-state index in [-0.39, 0.29) is 18.5 Å². The molecule has 0 aromatic rings. The predicted molar refractivity (Wildman–Crippen MR) is 72.1 cm³/mol. The number of ether oxygens (including phenoxy) is 3. The van der Waals surface area contributed by atoms with Crippen molar-refractivity contribution in [2.45, 2.75) is 13.3 Å². The summed E-state index contributed by atoms with van der Waals surface area (Å²) in [5.74, 6) is 0.937. The third kappa shape index (κ3) is 3.67. The van der Waals surface area contributed by atoms with Crippen molar-refractivity contribution in [2.75, 3.05) is 33.0 Å². The first kappa shape index (κ1) is 15.2. The highest BCUT2D eigenvalue weighted by Crippen LogP contribution is 2.46. The van der Waals surface area contributed by atoms with Crippen LogP contribution in [0.5, 0.6) is 0 Å². The van der Waals surface area contributed by atoms with Crippen molar-refractivity contribution in [3.63, 3.8) is 0 Å². The van der Waals surface area contributed by atoms with E-state index in [0.717, 1.165) is 12.7 Å². The Morgan fingerprint density at radius 3 is 2.75 bits per heavy atom. The van der Waals surface area contributed by atoms with Crippen LogP contribution in [0.1, 0.15) is 13.3 Å². The lowest BCUT2D eigenvalue weighted by Gasteiger charge is -2.23. The molecule has 0 radical (unpaired) electrons. The molecule has 4 unspecified atom stereocenters. The Kier molecular flexibility index (Phi) is 5.73. The summed E-state index contributed by atoms with van der Waals surface area (Å²) in [5, 5.41) is 0. The highest BCUT2D eigenvalue weighted by atomic mass is 16.6. The van der Waals surface area contributed by atoms with Gasteiger partial charge in [0.15, 0.2) is 0 Å². The third-order valence-electron chi connectivity index (χ3n) is 4.05. The van der Waals surface area contributed by atoms with E-state index in [0.29, 0.717) is 44.2 Å². The summed E-state index contributed by atoms with van der Waals surface area (Å²) in [4.78, 5) is 22.1. The summed E-state index contributed by atoms with van der Waals surface area (Å²) in [5.41, 5.74) is 0. The van der Waals surface area contributed by atoms with E-state index >= 15 is 0 Å². The van der Waals surface area contributed by atoms with Gasteiger partial charge in [-0.2, -0.15) is 0 Å². The molecule has 0 spiro atoms. The Labute approximate surface area is 119 Å². The third-order valence-corrected chi connectivity index (χ3v) is 4.05. The fourth-order valence-electron chi connectivity index (χ4n) is 3.09. The average molecular weight is 282 g/mol. The highest BCUT2D eigenvalue weighted by Gasteiger charge is 2.44. The first-order valence-corrected chi connectivity index (χ1v) is 7.21. The number of aldehydes is 1. The van der Waals surface area contributed by atoms with Gasteiger partial charge in [0, 0.05) is 5.92 Å². The maximum absolute atomic E-state index is 11.1. The molecular weight excluding hydrogens is 260 g/mol. The minimum absolute atomic E-state index is 0.0367. The van der Waals surface area contributed by atoms with Crippen molar-refractivity contribution in [3.05, 3.63) is 12.2 Å². The lowest BCUT2D eigenvalue weighted by molar-refractivity contribution is -0.149. The molecule has 5 heteroatoms. The maximum Gasteiger partial charge on any atom is 0.332 e. The maximum atomic E-state index is 11.1. The van der Waals surface area contributed by atoms with Gasteiger partial charge in [0.25, 0.3) is 0 Å². The summed E-state index contributed by atoms with van der Waals surface area (Å²) in [6.07, 6.45) is 6.51. The summed E-state index contributed by atoms with van der Waals surface area (Å²) in [6, 6.07) is 0. The molecule has 2 aliphatic rings. The number of allylic oxidation sites excluding steroid dienone is 2. The lowest BCUT2D eigenvalue weighted by atomic mass is 9.85. The van der Waals surface area contributed by atoms with Gasteiger partial charge in [0.05, 0.1) is 26.4 Å². The van der Waals surface area contributed by atoms with Crippen molar-refractivity contribution in [1.82, 2.24) is 0 Å². The Morgan fingerprint density at radius 2 is 2.00 bits per heavy atom. The molecule has 1 fully saturated rings. The molecule has 2 rings (SSSR count). The molecule has 2 bridgehead atoms. The molecule has 0 amide bonds. The van der Waals surface area contributed by atoms with Gasteiger partial charge >= 0.3 is 5.97 Å². The molecule has 0 N–H and O–H groups in total. The second kappa shape index (κ2) is 7.55. The van der Waals surface area contributed by atoms with E-state index in [2.05, 4.69) is 12.2 Å². The lowest BCUT2D eigenvalue weighted by Crippen LogP contribution is -2.26. The molecule has 2 aliphatic carbocycles. The second-order valence-electron chi connectivity index (χ2n) is 5.26. The SMILES string of the molecule is CCOC(=O)COCCOCC1C2C=CC(C2)C1C=O. The van der Waals surface area contributed by atoms with Gasteiger partial charge in [-0.3, -0.25) is 0 Å². The summed E-state index contributed by atoms with van der Waals surface area (Å²) >= 11 is 0. The second-order valence-corrected chi connectivity index (χ2v) is 5.26. The first-order valence-electron chi connectivity index (χ1n) is 7.21. The highest BCUT2D eigenvalue weighted by molar-refractivity contribution is 5.70. The van der Waals surface area contributed by atoms with Gasteiger partial charge < -0.3 is 19.0 Å². The monoisotopic (exact) mass is 282 g/mol. The van der Waals surface area contributed by atoms with E-state index < -0.39 is 0 Å². The topological polar surface area (TPSA) is 61.8 Å². The minimum atomic E-state index is -0.355. The quantitative estimate of drug-likeness (QED) is 0.275. The number of rotatable bonds is 9. The van der Waals surface area contributed by atoms with Crippen molar-refractivity contribution in [1.29, 1.82) is 0 Å². The molecule has 20 heavy (non-hydrogen) atoms. The average Bonchev–Trinajstić information content (AvgIpc) is 3.03. The van der Waals surface area contributed by atoms with Gasteiger partial charge in [-0.1, -0.05) is 12.2 Å². The summed E-state index contributed by atoms with van der Waals surface area (Å²) in [6.45, 7) is 3.46. The fraction of sp³-hybridized carbons (Fsp3) is 0.733. The van der Waals surface area contributed by atoms with Gasteiger partial charge in [-0.05, 0) is 31.1 Å². The van der Waals surface area contributed by atoms with Crippen LogP contribution in [0.15, 0.2) is 12.2 Å². The first-order chi connectivity index (χ1) is 9.76. The number of hydrogen-bond donors (Lipinski definition) is 0. The van der Waals surface area contributed by atoms with Crippen molar-refractivity contribution < 1.29 is 23.8 Å². The van der Waals surface area contributed by atoms with Crippen LogP contribution >= 0.6 is 0 Å². The Morgan fingerprint density at radius 1 is 1.25 bits per heavy atom. The fourth-order valence-corrected chi connectivity index (χ4v) is 3.09. The number of hydrogen-bond acceptors (Lipinski definition) is 5. The molecule has 0 aromatic heterocycles. The normalized spacial score (nSPS) is 30.6. The molecule has 0 heterocycles. The van der Waals surface area contributed by atoms with Crippen LogP contribution in [0, 0.1) is 23.7 Å². The molecule has 1 saturated carbocycles. The van der Waals surface area contributed by atoms with Crippen molar-refractivity contribution >= 4 is 12.3 Å². The van der Waals surface area contributed by atoms with E-state index in [4.69, 9.17) is 14.2 Å². The zero-order chi connectivity index (χ0) is 14.4. The molecule has 112 valence electrons. The van der Waals surface area contributed by atoms with Crippen LogP contribution in [-0.2, 0) is 23.8 Å². The molecular formula is C15H22O5. The summed E-state index contributed by atoms with van der Waals surface area (Å²) < 4.78 is 15.5. The Balaban J connectivity index is 1.56. The van der Waals surface area contributed by atoms with Gasteiger partial charge in [-0.15, -0.1) is 0 Å². The molecule has 0 aliphatic heterocycles. The minimum Gasteiger partial charge on any atom is -0.464 e. The predicted octanol–water partition coefficient (Wildman–Crippen LogP) is 1.22. The number of carbonyl (C=O) groups is 2. The van der Waals surface area contributed by atoms with Crippen LogP contribution in [-0.4, -0.2) is 45.3 Å². The van der Waals surface area contributed by atoms with E-state index in [1.54, 1.807) is 6.92 Å². The van der Waals surface area contributed by atoms with Gasteiger partial charge in [0.1, 0.15) is 12.9 Å². The molecule has 4 atom stereocenters. The standard InChI is InChI=1S/C15H22O5/c1-2-20-15(17)10-19-6-5-18-9-14-12-4-3-11(7-12)13(14)8-16/h3-4,8,11-14H,2,5-7,9-10H2,1H3. The van der Waals surface area contributed by atoms with E-state index in [1.807, 2.05) is 0 Å². The van der Waals surface area contributed by atoms with Gasteiger partial charge in [-0.25, -0.2) is 4.79 Å². The smallest absolute Gasteiger partial charge is 0.332 e. The van der Waals surface area contributed by atoms with Crippen LogP contribution in [0.2, 0.25) is 0 Å². The van der Waals surface area contributed by atoms with E-state index in [1.165, 1.54) is 0 Å². The van der Waals surface area contributed by atoms with Crippen LogP contribution in [0.4, 0.5) is 0 Å². The van der Waals surface area contributed by atoms with E-state index in [9.17, 15) is 9.59 Å².